The third-order valence-electron chi connectivity index (χ3n) is 16.4. The van der Waals surface area contributed by atoms with Crippen LogP contribution in [0.15, 0.2) is 17.1 Å². The highest BCUT2D eigenvalue weighted by Crippen LogP contribution is 2.45. The van der Waals surface area contributed by atoms with E-state index in [1.165, 1.54) is 25.7 Å². The number of ketones is 1. The van der Waals surface area contributed by atoms with Crippen molar-refractivity contribution in [3.8, 4) is 0 Å². The van der Waals surface area contributed by atoms with Gasteiger partial charge in [0, 0.05) is 76.8 Å². The summed E-state index contributed by atoms with van der Waals surface area (Å²) in [5.74, 6) is -7.96. The van der Waals surface area contributed by atoms with Crippen molar-refractivity contribution in [1.82, 2.24) is 19.8 Å². The molecule has 0 unspecified atom stereocenters. The third kappa shape index (κ3) is 13.3. The monoisotopic (exact) mass is 1120 g/mol. The van der Waals surface area contributed by atoms with Gasteiger partial charge in [0.2, 0.25) is 5.43 Å². The molecule has 0 amide bonds. The summed E-state index contributed by atoms with van der Waals surface area (Å²) >= 11 is 0. The van der Waals surface area contributed by atoms with Crippen molar-refractivity contribution in [2.75, 3.05) is 59.0 Å². The normalized spacial score (nSPS) is 37.7. The predicted octanol–water partition coefficient (Wildman–Crippen LogP) is 2.43. The van der Waals surface area contributed by atoms with Crippen molar-refractivity contribution in [3.63, 3.8) is 0 Å². The number of aromatic carboxylic acids is 1. The van der Waals surface area contributed by atoms with Crippen molar-refractivity contribution in [1.29, 1.82) is 0 Å². The van der Waals surface area contributed by atoms with Crippen molar-refractivity contribution < 1.29 is 85.0 Å². The molecule has 6 N–H and O–H groups in total. The first-order chi connectivity index (χ1) is 36.0. The molecule has 23 nitrogen and oxygen atoms in total. The summed E-state index contributed by atoms with van der Waals surface area (Å²) in [5, 5.41) is 50.1. The molecule has 25 heteroatoms. The number of ether oxygens (including phenoxy) is 7. The predicted molar refractivity (Wildman–Crippen MR) is 277 cm³/mol. The number of likely N-dealkylation sites (N-methyl/N-ethyl adjacent to an activating group) is 1. The van der Waals surface area contributed by atoms with Crippen LogP contribution in [-0.2, 0) is 63.6 Å². The lowest BCUT2D eigenvalue weighted by molar-refractivity contribution is -0.318. The molecule has 2 aromatic rings. The van der Waals surface area contributed by atoms with Crippen molar-refractivity contribution >= 4 is 44.7 Å². The van der Waals surface area contributed by atoms with E-state index in [-0.39, 0.29) is 86.6 Å². The second kappa shape index (κ2) is 24.9. The summed E-state index contributed by atoms with van der Waals surface area (Å²) < 4.78 is 94.3. The number of carbonyl (C=O) groups excluding carboxylic acids is 2. The van der Waals surface area contributed by atoms with Gasteiger partial charge in [0.15, 0.2) is 24.2 Å². The Labute approximate surface area is 449 Å². The highest BCUT2D eigenvalue weighted by Gasteiger charge is 2.58. The molecule has 0 bridgehead atoms. The SMILES string of the molecule is CCn1cc(C(=O)O)c(=O)c2cc(F)c(NCCNCCS(=O)(=O)O[C@H]3[C@H](C)O[C@@H](O[C@H]4[C@H](C)[C@@H](O[C@@H]5O[C@H](C)C[C@H](N(C)C)[C@H]5O)[C@](C)(OC)C[C@@H](C)C(=O)[C@H](C)[C@@H](O)[C@@]5(O)CC[C@H]5OC(=O)[C@@H]4C)C[C@@]3(C)OC)nc21. The van der Waals surface area contributed by atoms with Crippen LogP contribution in [0.25, 0.3) is 11.0 Å². The number of Topliss-reactive ketones (excluding diaryl/α,β-unsaturated/α-hetero) is 1. The number of halogens is 1. The molecule has 1 aliphatic carbocycles. The van der Waals surface area contributed by atoms with Crippen LogP contribution >= 0.6 is 0 Å². The number of fused-ring (bicyclic) bond motifs is 2. The van der Waals surface area contributed by atoms with Gasteiger partial charge in [0.25, 0.3) is 10.1 Å². The van der Waals surface area contributed by atoms with Crippen LogP contribution in [0.1, 0.15) is 105 Å². The van der Waals surface area contributed by atoms with E-state index in [0.29, 0.717) is 6.42 Å². The topological polar surface area (TPSA) is 302 Å². The first-order valence-corrected chi connectivity index (χ1v) is 28.1. The lowest BCUT2D eigenvalue weighted by atomic mass is 9.67. The smallest absolute Gasteiger partial charge is 0.341 e. The molecule has 3 saturated heterocycles. The average molecular weight is 1120 g/mol. The van der Waals surface area contributed by atoms with Crippen LogP contribution in [0.2, 0.25) is 0 Å². The van der Waals surface area contributed by atoms with E-state index < -0.39 is 140 Å². The first-order valence-electron chi connectivity index (χ1n) is 26.5. The number of anilines is 1. The lowest BCUT2D eigenvalue weighted by Gasteiger charge is -2.51. The maximum atomic E-state index is 15.1. The molecule has 436 valence electrons. The zero-order valence-electron chi connectivity index (χ0n) is 46.5. The molecule has 2 aromatic heterocycles. The van der Waals surface area contributed by atoms with Gasteiger partial charge in [-0.05, 0) is 87.4 Å². The molecule has 0 spiro atoms. The van der Waals surface area contributed by atoms with Gasteiger partial charge in [-0.2, -0.15) is 8.42 Å². The number of aromatic nitrogens is 2. The number of methoxy groups -OCH3 is 2. The molecule has 3 aliphatic heterocycles. The minimum absolute atomic E-state index is 0.0300. The van der Waals surface area contributed by atoms with Gasteiger partial charge < -0.3 is 73.7 Å². The van der Waals surface area contributed by atoms with E-state index in [2.05, 4.69) is 15.6 Å². The fourth-order valence-corrected chi connectivity index (χ4v) is 12.7. The minimum atomic E-state index is -4.28. The Kier molecular flexibility index (Phi) is 20.2. The lowest BCUT2D eigenvalue weighted by Crippen LogP contribution is -2.65. The minimum Gasteiger partial charge on any atom is -0.477 e. The maximum absolute atomic E-state index is 15.1. The summed E-state index contributed by atoms with van der Waals surface area (Å²) in [6.45, 7) is 15.6. The van der Waals surface area contributed by atoms with Crippen LogP contribution in [0.3, 0.4) is 0 Å². The van der Waals surface area contributed by atoms with Crippen LogP contribution in [0, 0.1) is 29.5 Å². The Balaban J connectivity index is 1.20. The van der Waals surface area contributed by atoms with E-state index >= 15 is 4.39 Å². The third-order valence-corrected chi connectivity index (χ3v) is 17.6. The summed E-state index contributed by atoms with van der Waals surface area (Å²) in [6.07, 6.45) is -9.17. The van der Waals surface area contributed by atoms with Crippen LogP contribution in [0.5, 0.6) is 0 Å². The highest BCUT2D eigenvalue weighted by atomic mass is 32.2. The molecular formula is C52H82FN5O18S. The van der Waals surface area contributed by atoms with E-state index in [4.69, 9.17) is 37.3 Å². The number of aliphatic hydroxyl groups excluding tert-OH is 2. The number of nitrogens with zero attached hydrogens (tertiary/aromatic N) is 3. The van der Waals surface area contributed by atoms with Gasteiger partial charge >= 0.3 is 11.9 Å². The quantitative estimate of drug-likeness (QED) is 0.0710. The molecule has 77 heavy (non-hydrogen) atoms. The van der Waals surface area contributed by atoms with E-state index in [1.54, 1.807) is 48.5 Å². The van der Waals surface area contributed by atoms with Crippen LogP contribution in [0.4, 0.5) is 10.2 Å². The van der Waals surface area contributed by atoms with Crippen LogP contribution in [-0.4, -0.2) is 199 Å². The highest BCUT2D eigenvalue weighted by molar-refractivity contribution is 7.86. The number of carboxylic acid groups (broad SMARTS) is 1. The Bertz CT molecular complexity index is 2600. The molecule has 0 radical (unpaired) electrons. The molecule has 4 aliphatic rings. The Morgan fingerprint density at radius 1 is 0.961 bits per heavy atom. The van der Waals surface area contributed by atoms with E-state index in [0.717, 1.165) is 12.3 Å². The fourth-order valence-electron chi connectivity index (χ4n) is 11.5. The molecule has 18 atom stereocenters. The van der Waals surface area contributed by atoms with Gasteiger partial charge in [0.1, 0.15) is 40.9 Å². The van der Waals surface area contributed by atoms with Gasteiger partial charge in [0.05, 0.1) is 58.8 Å². The summed E-state index contributed by atoms with van der Waals surface area (Å²) in [4.78, 5) is 59.0. The number of hydrogen-bond donors (Lipinski definition) is 6. The number of aryl methyl sites for hydroxylation is 1. The molecule has 1 saturated carbocycles. The molecule has 6 rings (SSSR count). The van der Waals surface area contributed by atoms with Gasteiger partial charge in [-0.3, -0.25) is 18.6 Å². The number of carboxylic acids is 1. The zero-order chi connectivity index (χ0) is 57.3. The second-order valence-electron chi connectivity index (χ2n) is 22.2. The van der Waals surface area contributed by atoms with Gasteiger partial charge in [-0.1, -0.05) is 20.8 Å². The number of rotatable bonds is 18. The van der Waals surface area contributed by atoms with Crippen molar-refractivity contribution in [2.24, 2.45) is 23.7 Å². The Morgan fingerprint density at radius 3 is 2.22 bits per heavy atom. The fraction of sp³-hybridized carbons (Fsp3) is 0.788. The zero-order valence-corrected chi connectivity index (χ0v) is 47.3. The van der Waals surface area contributed by atoms with Crippen molar-refractivity contribution in [2.45, 2.75) is 185 Å². The Hall–Kier alpha value is -3.83. The average Bonchev–Trinajstić information content (AvgIpc) is 3.38. The number of hydrogen-bond acceptors (Lipinski definition) is 21. The largest absolute Gasteiger partial charge is 0.477 e. The maximum Gasteiger partial charge on any atom is 0.341 e. The van der Waals surface area contributed by atoms with E-state index in [9.17, 15) is 48.0 Å². The molecular weight excluding hydrogens is 1030 g/mol. The number of nitrogens with one attached hydrogen (secondary N) is 2. The number of aliphatic hydroxyl groups is 3. The summed E-state index contributed by atoms with van der Waals surface area (Å²) in [7, 11) is 2.25. The molecule has 0 aromatic carbocycles. The molecule has 4 fully saturated rings. The number of carbonyl (C=O) groups is 3. The first kappa shape index (κ1) is 62.4. The van der Waals surface area contributed by atoms with Gasteiger partial charge in [-0.25, -0.2) is 14.2 Å². The number of esters is 1. The van der Waals surface area contributed by atoms with E-state index in [1.807, 2.05) is 25.9 Å². The standard InChI is InChI=1S/C52H82FN5O18S/c1-14-58-25-33(47(63)64)39(60)32-22-34(53)45(56-46(32)58)55-18-17-54-19-20-77(67,68)76-44-31(7)72-37(24-51(44,9)70-13)74-41-29(5)43(75-49-40(61)35(57(10)11)21-27(3)71-49)50(8,69-12)23-26(2)38(59)28(4)42(62)52(66)16-15-36(52)73-48(65)30(41)6/h22,25-31,35-37,40-44,49,54,61-62,66H,14-21,23-24H2,1-13H3,(H,55,56)(H,63,64)/t26-,27-,28+,29+,30-,31+,35+,36-,37+,40-,41+,42-,43-,44+,49+,50-,51-,52-/m1/s1. The van der Waals surface area contributed by atoms with Gasteiger partial charge in [-0.15, -0.1) is 0 Å². The van der Waals surface area contributed by atoms with Crippen molar-refractivity contribution in [3.05, 3.63) is 33.9 Å². The molecule has 5 heterocycles. The Morgan fingerprint density at radius 2 is 1.62 bits per heavy atom. The van der Waals surface area contributed by atoms with Crippen LogP contribution < -0.4 is 16.1 Å². The summed E-state index contributed by atoms with van der Waals surface area (Å²) in [6, 6.07) is 0.565. The second-order valence-corrected chi connectivity index (χ2v) is 23.9. The number of pyridine rings is 2. The summed E-state index contributed by atoms with van der Waals surface area (Å²) in [5.41, 5.74) is -5.93.